The van der Waals surface area contributed by atoms with Crippen molar-refractivity contribution in [2.24, 2.45) is 0 Å². The zero-order valence-electron chi connectivity index (χ0n) is 16.4. The van der Waals surface area contributed by atoms with E-state index in [1.807, 2.05) is 0 Å². The lowest BCUT2D eigenvalue weighted by atomic mass is 10.1. The summed E-state index contributed by atoms with van der Waals surface area (Å²) in [6.07, 6.45) is 0. The first kappa shape index (κ1) is 23.0. The Bertz CT molecular complexity index is 1230. The molecule has 0 atom stereocenters. The highest BCUT2D eigenvalue weighted by Crippen LogP contribution is 2.25. The predicted molar refractivity (Wildman–Crippen MR) is 121 cm³/mol. The van der Waals surface area contributed by atoms with E-state index < -0.39 is 10.0 Å². The van der Waals surface area contributed by atoms with Crippen LogP contribution in [0.3, 0.4) is 0 Å². The molecule has 0 saturated heterocycles. The number of anilines is 1. The molecule has 31 heavy (non-hydrogen) atoms. The molecule has 0 fully saturated rings. The van der Waals surface area contributed by atoms with Crippen LogP contribution in [0.2, 0.25) is 10.0 Å². The van der Waals surface area contributed by atoms with E-state index in [9.17, 15) is 18.0 Å². The molecule has 0 aliphatic carbocycles. The van der Waals surface area contributed by atoms with Gasteiger partial charge in [-0.25, -0.2) is 13.1 Å². The predicted octanol–water partition coefficient (Wildman–Crippen LogP) is 4.93. The monoisotopic (exact) mass is 476 g/mol. The number of carbonyl (C=O) groups excluding carboxylic acids is 2. The Kier molecular flexibility index (Phi) is 7.12. The van der Waals surface area contributed by atoms with Gasteiger partial charge in [0.25, 0.3) is 5.91 Å². The first-order chi connectivity index (χ1) is 14.7. The minimum absolute atomic E-state index is 0.0434. The lowest BCUT2D eigenvalue weighted by molar-refractivity contribution is 0.101. The second-order valence-corrected chi connectivity index (χ2v) is 9.29. The van der Waals surface area contributed by atoms with Gasteiger partial charge in [-0.05, 0) is 55.0 Å². The highest BCUT2D eigenvalue weighted by molar-refractivity contribution is 7.89. The molecule has 0 saturated carbocycles. The normalized spacial score (nSPS) is 11.2. The van der Waals surface area contributed by atoms with Gasteiger partial charge < -0.3 is 5.32 Å². The Morgan fingerprint density at radius 3 is 2.06 bits per heavy atom. The zero-order chi connectivity index (χ0) is 22.6. The van der Waals surface area contributed by atoms with Crippen LogP contribution in [0.25, 0.3) is 0 Å². The number of sulfonamides is 1. The Morgan fingerprint density at radius 1 is 0.871 bits per heavy atom. The third kappa shape index (κ3) is 5.92. The molecule has 1 amide bonds. The molecule has 160 valence electrons. The number of benzene rings is 3. The van der Waals surface area contributed by atoms with E-state index in [2.05, 4.69) is 10.0 Å². The fourth-order valence-electron chi connectivity index (χ4n) is 2.69. The average molecular weight is 477 g/mol. The van der Waals surface area contributed by atoms with Crippen LogP contribution in [0.5, 0.6) is 0 Å². The van der Waals surface area contributed by atoms with Crippen molar-refractivity contribution in [3.8, 4) is 0 Å². The van der Waals surface area contributed by atoms with E-state index in [-0.39, 0.29) is 23.1 Å². The molecule has 0 aliphatic rings. The minimum Gasteiger partial charge on any atom is -0.321 e. The number of hydrogen-bond acceptors (Lipinski definition) is 4. The number of amides is 1. The molecule has 0 unspecified atom stereocenters. The smallest absolute Gasteiger partial charge is 0.255 e. The van der Waals surface area contributed by atoms with Crippen molar-refractivity contribution >= 4 is 50.6 Å². The largest absolute Gasteiger partial charge is 0.321 e. The molecule has 0 heterocycles. The van der Waals surface area contributed by atoms with E-state index in [0.717, 1.165) is 0 Å². The standard InChI is InChI=1S/C22H18Cl2N2O4S/c1-14(27)16-6-9-19(10-7-16)31(29,30)25-13-15-2-4-17(5-3-15)22(28)26-21-11-8-18(23)12-20(21)24/h2-12,25H,13H2,1H3,(H,26,28). The van der Waals surface area contributed by atoms with Gasteiger partial charge in [-0.3, -0.25) is 9.59 Å². The van der Waals surface area contributed by atoms with Crippen LogP contribution in [0.15, 0.2) is 71.6 Å². The van der Waals surface area contributed by atoms with Crippen LogP contribution >= 0.6 is 23.2 Å². The molecule has 6 nitrogen and oxygen atoms in total. The van der Waals surface area contributed by atoms with Crippen molar-refractivity contribution in [1.82, 2.24) is 4.72 Å². The van der Waals surface area contributed by atoms with Crippen LogP contribution in [0, 0.1) is 0 Å². The second kappa shape index (κ2) is 9.62. The Balaban J connectivity index is 1.63. The fraction of sp³-hybridized carbons (Fsp3) is 0.0909. The molecule has 3 rings (SSSR count). The lowest BCUT2D eigenvalue weighted by Crippen LogP contribution is -2.23. The van der Waals surface area contributed by atoms with Crippen molar-refractivity contribution in [3.05, 3.63) is 93.5 Å². The number of carbonyl (C=O) groups is 2. The molecule has 0 bridgehead atoms. The third-order valence-corrected chi connectivity index (χ3v) is 6.40. The third-order valence-electron chi connectivity index (χ3n) is 4.43. The maximum atomic E-state index is 12.4. The van der Waals surface area contributed by atoms with Gasteiger partial charge in [0.1, 0.15) is 0 Å². The first-order valence-corrected chi connectivity index (χ1v) is 11.4. The second-order valence-electron chi connectivity index (χ2n) is 6.68. The number of Topliss-reactive ketones (excluding diaryl/α,β-unsaturated/α-hetero) is 1. The summed E-state index contributed by atoms with van der Waals surface area (Å²) in [7, 11) is -3.74. The van der Waals surface area contributed by atoms with Gasteiger partial charge >= 0.3 is 0 Å². The van der Waals surface area contributed by atoms with E-state index in [1.165, 1.54) is 37.3 Å². The molecule has 0 spiro atoms. The molecule has 9 heteroatoms. The van der Waals surface area contributed by atoms with Gasteiger partial charge in [0.15, 0.2) is 5.78 Å². The maximum Gasteiger partial charge on any atom is 0.255 e. The van der Waals surface area contributed by atoms with Crippen molar-refractivity contribution in [2.75, 3.05) is 5.32 Å². The summed E-state index contributed by atoms with van der Waals surface area (Å²) in [4.78, 5) is 23.8. The van der Waals surface area contributed by atoms with Crippen LogP contribution in [-0.2, 0) is 16.6 Å². The number of ketones is 1. The van der Waals surface area contributed by atoms with Gasteiger partial charge in [-0.1, -0.05) is 47.5 Å². The number of hydrogen-bond donors (Lipinski definition) is 2. The van der Waals surface area contributed by atoms with Crippen LogP contribution < -0.4 is 10.0 Å². The molecule has 3 aromatic carbocycles. The molecule has 0 radical (unpaired) electrons. The summed E-state index contributed by atoms with van der Waals surface area (Å²) in [5.41, 5.74) is 1.93. The summed E-state index contributed by atoms with van der Waals surface area (Å²) in [5.74, 6) is -0.499. The molecule has 0 aromatic heterocycles. The highest BCUT2D eigenvalue weighted by atomic mass is 35.5. The number of halogens is 2. The highest BCUT2D eigenvalue weighted by Gasteiger charge is 2.15. The summed E-state index contributed by atoms with van der Waals surface area (Å²) in [6.45, 7) is 1.46. The lowest BCUT2D eigenvalue weighted by Gasteiger charge is -2.09. The van der Waals surface area contributed by atoms with Gasteiger partial charge in [-0.2, -0.15) is 0 Å². The summed E-state index contributed by atoms with van der Waals surface area (Å²) >= 11 is 11.9. The quantitative estimate of drug-likeness (QED) is 0.472. The molecule has 0 aliphatic heterocycles. The van der Waals surface area contributed by atoms with E-state index in [0.29, 0.717) is 32.4 Å². The summed E-state index contributed by atoms with van der Waals surface area (Å²) < 4.78 is 27.4. The van der Waals surface area contributed by atoms with E-state index >= 15 is 0 Å². The summed E-state index contributed by atoms with van der Waals surface area (Å²) in [6, 6.07) is 16.9. The van der Waals surface area contributed by atoms with E-state index in [4.69, 9.17) is 23.2 Å². The average Bonchev–Trinajstić information content (AvgIpc) is 2.74. The van der Waals surface area contributed by atoms with Crippen LogP contribution in [0.4, 0.5) is 5.69 Å². The van der Waals surface area contributed by atoms with Crippen molar-refractivity contribution in [2.45, 2.75) is 18.4 Å². The minimum atomic E-state index is -3.74. The topological polar surface area (TPSA) is 92.3 Å². The van der Waals surface area contributed by atoms with Crippen LogP contribution in [-0.4, -0.2) is 20.1 Å². The van der Waals surface area contributed by atoms with Crippen LogP contribution in [0.1, 0.15) is 33.2 Å². The molecule has 3 aromatic rings. The van der Waals surface area contributed by atoms with Crippen molar-refractivity contribution < 1.29 is 18.0 Å². The van der Waals surface area contributed by atoms with E-state index in [1.54, 1.807) is 36.4 Å². The van der Waals surface area contributed by atoms with Crippen molar-refractivity contribution in [3.63, 3.8) is 0 Å². The number of nitrogens with one attached hydrogen (secondary N) is 2. The van der Waals surface area contributed by atoms with Gasteiger partial charge in [0.05, 0.1) is 15.6 Å². The zero-order valence-corrected chi connectivity index (χ0v) is 18.7. The van der Waals surface area contributed by atoms with Gasteiger partial charge in [-0.15, -0.1) is 0 Å². The maximum absolute atomic E-state index is 12.4. The Hall–Kier alpha value is -2.71. The summed E-state index contributed by atoms with van der Waals surface area (Å²) in [5, 5.41) is 3.48. The molecule has 2 N–H and O–H groups in total. The molecular weight excluding hydrogens is 459 g/mol. The Labute approximate surface area is 190 Å². The molecular formula is C22H18Cl2N2O4S. The van der Waals surface area contributed by atoms with Gasteiger partial charge in [0.2, 0.25) is 10.0 Å². The van der Waals surface area contributed by atoms with Gasteiger partial charge in [0, 0.05) is 22.7 Å². The fourth-order valence-corrected chi connectivity index (χ4v) is 4.16. The Morgan fingerprint density at radius 2 is 1.48 bits per heavy atom. The number of rotatable bonds is 7. The van der Waals surface area contributed by atoms with Crippen molar-refractivity contribution in [1.29, 1.82) is 0 Å². The first-order valence-electron chi connectivity index (χ1n) is 9.12. The SMILES string of the molecule is CC(=O)c1ccc(S(=O)(=O)NCc2ccc(C(=O)Nc3ccc(Cl)cc3Cl)cc2)cc1.